The summed E-state index contributed by atoms with van der Waals surface area (Å²) in [5, 5.41) is 9.71. The van der Waals surface area contributed by atoms with Crippen LogP contribution in [0.4, 0.5) is 0 Å². The Hall–Kier alpha value is -2.30. The molecular formula is C16H16O5. The molecule has 1 N–H and O–H groups in total. The van der Waals surface area contributed by atoms with Gasteiger partial charge in [0.15, 0.2) is 0 Å². The van der Waals surface area contributed by atoms with Gasteiger partial charge in [-0.25, -0.2) is 9.59 Å². The fraction of sp³-hybridized carbons (Fsp3) is 0.375. The molecule has 110 valence electrons. The maximum Gasteiger partial charge on any atom is 0.348 e. The van der Waals surface area contributed by atoms with Gasteiger partial charge in [0.2, 0.25) is 0 Å². The molecule has 1 aromatic rings. The maximum absolute atomic E-state index is 12.1. The van der Waals surface area contributed by atoms with Crippen molar-refractivity contribution in [3.63, 3.8) is 0 Å². The number of aromatic hydroxyl groups is 1. The summed E-state index contributed by atoms with van der Waals surface area (Å²) in [7, 11) is 0. The molecule has 0 amide bonds. The van der Waals surface area contributed by atoms with Crippen molar-refractivity contribution in [2.45, 2.75) is 37.9 Å². The zero-order chi connectivity index (χ0) is 14.9. The number of hydrogen-bond donors (Lipinski definition) is 1. The molecule has 3 rings (SSSR count). The largest absolute Gasteiger partial charge is 0.507 e. The second-order valence-corrected chi connectivity index (χ2v) is 5.37. The number of benzene rings is 1. The van der Waals surface area contributed by atoms with Crippen LogP contribution in [-0.2, 0) is 19.1 Å². The van der Waals surface area contributed by atoms with Gasteiger partial charge in [0, 0.05) is 18.4 Å². The number of hydrogen-bond acceptors (Lipinski definition) is 5. The van der Waals surface area contributed by atoms with E-state index < -0.39 is 17.7 Å². The van der Waals surface area contributed by atoms with E-state index in [-0.39, 0.29) is 11.3 Å². The van der Waals surface area contributed by atoms with E-state index >= 15 is 0 Å². The standard InChI is InChI=1S/C16H16O5/c17-13-7-3-2-6-11(13)10-12-14(18)20-16(21-15(12)19)8-4-1-5-9-16/h2-3,6-7,10,17H,1,4-5,8-9H2. The molecule has 5 heteroatoms. The van der Waals surface area contributed by atoms with E-state index in [1.54, 1.807) is 18.2 Å². The van der Waals surface area contributed by atoms with Crippen LogP contribution in [0.1, 0.15) is 37.7 Å². The quantitative estimate of drug-likeness (QED) is 0.488. The van der Waals surface area contributed by atoms with Gasteiger partial charge in [0.25, 0.3) is 5.79 Å². The Morgan fingerprint density at radius 2 is 1.62 bits per heavy atom. The molecule has 2 fully saturated rings. The lowest BCUT2D eigenvalue weighted by atomic mass is 9.93. The second-order valence-electron chi connectivity index (χ2n) is 5.37. The first kappa shape index (κ1) is 13.7. The average Bonchev–Trinajstić information content (AvgIpc) is 2.45. The summed E-state index contributed by atoms with van der Waals surface area (Å²) in [5.74, 6) is -2.46. The first-order valence-electron chi connectivity index (χ1n) is 7.06. The normalized spacial score (nSPS) is 20.9. The van der Waals surface area contributed by atoms with Gasteiger partial charge in [-0.15, -0.1) is 0 Å². The monoisotopic (exact) mass is 288 g/mol. The van der Waals surface area contributed by atoms with Gasteiger partial charge in [0.1, 0.15) is 11.3 Å². The van der Waals surface area contributed by atoms with Gasteiger partial charge >= 0.3 is 11.9 Å². The van der Waals surface area contributed by atoms with Crippen molar-refractivity contribution in [2.24, 2.45) is 0 Å². The Morgan fingerprint density at radius 1 is 1.00 bits per heavy atom. The van der Waals surface area contributed by atoms with Crippen LogP contribution in [0.5, 0.6) is 5.75 Å². The molecule has 1 aromatic carbocycles. The van der Waals surface area contributed by atoms with E-state index in [4.69, 9.17) is 9.47 Å². The van der Waals surface area contributed by atoms with Crippen molar-refractivity contribution >= 4 is 18.0 Å². The fourth-order valence-corrected chi connectivity index (χ4v) is 2.73. The molecule has 5 nitrogen and oxygen atoms in total. The van der Waals surface area contributed by atoms with Crippen molar-refractivity contribution in [1.82, 2.24) is 0 Å². The molecule has 21 heavy (non-hydrogen) atoms. The molecule has 2 aliphatic rings. The molecule has 0 bridgehead atoms. The number of phenols is 1. The number of carbonyl (C=O) groups is 2. The predicted molar refractivity (Wildman–Crippen MR) is 74.1 cm³/mol. The van der Waals surface area contributed by atoms with Gasteiger partial charge < -0.3 is 14.6 Å². The van der Waals surface area contributed by atoms with Crippen molar-refractivity contribution in [1.29, 1.82) is 0 Å². The van der Waals surface area contributed by atoms with Crippen LogP contribution in [0.15, 0.2) is 29.8 Å². The highest BCUT2D eigenvalue weighted by molar-refractivity contribution is 6.19. The maximum atomic E-state index is 12.1. The molecule has 1 saturated heterocycles. The third-order valence-electron chi connectivity index (χ3n) is 3.85. The lowest BCUT2D eigenvalue weighted by Crippen LogP contribution is -2.47. The minimum Gasteiger partial charge on any atom is -0.507 e. The topological polar surface area (TPSA) is 72.8 Å². The molecule has 0 atom stereocenters. The van der Waals surface area contributed by atoms with E-state index in [0.29, 0.717) is 18.4 Å². The van der Waals surface area contributed by atoms with E-state index in [9.17, 15) is 14.7 Å². The Bertz CT molecular complexity index is 589. The minimum atomic E-state index is -1.08. The summed E-state index contributed by atoms with van der Waals surface area (Å²) in [6.07, 6.45) is 5.20. The van der Waals surface area contributed by atoms with E-state index in [1.165, 1.54) is 12.1 Å². The van der Waals surface area contributed by atoms with Gasteiger partial charge in [0.05, 0.1) is 0 Å². The summed E-state index contributed by atoms with van der Waals surface area (Å²) in [5.41, 5.74) is 0.189. The number of ether oxygens (including phenoxy) is 2. The first-order chi connectivity index (χ1) is 10.1. The van der Waals surface area contributed by atoms with Gasteiger partial charge in [-0.05, 0) is 25.0 Å². The highest BCUT2D eigenvalue weighted by atomic mass is 16.7. The third-order valence-corrected chi connectivity index (χ3v) is 3.85. The van der Waals surface area contributed by atoms with Gasteiger partial charge in [-0.3, -0.25) is 0 Å². The molecule has 0 unspecified atom stereocenters. The summed E-state index contributed by atoms with van der Waals surface area (Å²) in [6.45, 7) is 0. The molecular weight excluding hydrogens is 272 g/mol. The lowest BCUT2D eigenvalue weighted by molar-refractivity contribution is -0.244. The Morgan fingerprint density at radius 3 is 2.24 bits per heavy atom. The Kier molecular flexibility index (Phi) is 3.41. The molecule has 0 aromatic heterocycles. The smallest absolute Gasteiger partial charge is 0.348 e. The summed E-state index contributed by atoms with van der Waals surface area (Å²) < 4.78 is 10.8. The van der Waals surface area contributed by atoms with E-state index in [2.05, 4.69) is 0 Å². The number of carbonyl (C=O) groups excluding carboxylic acids is 2. The summed E-state index contributed by atoms with van der Waals surface area (Å²) >= 11 is 0. The summed E-state index contributed by atoms with van der Waals surface area (Å²) in [6, 6.07) is 6.45. The fourth-order valence-electron chi connectivity index (χ4n) is 2.73. The molecule has 1 saturated carbocycles. The molecule has 0 radical (unpaired) electrons. The van der Waals surface area contributed by atoms with Crippen molar-refractivity contribution in [2.75, 3.05) is 0 Å². The summed E-state index contributed by atoms with van der Waals surface area (Å²) in [4.78, 5) is 24.2. The second kappa shape index (κ2) is 5.24. The van der Waals surface area contributed by atoms with Crippen LogP contribution < -0.4 is 0 Å². The zero-order valence-electron chi connectivity index (χ0n) is 11.5. The number of para-hydroxylation sites is 1. The zero-order valence-corrected chi connectivity index (χ0v) is 11.5. The van der Waals surface area contributed by atoms with Crippen LogP contribution >= 0.6 is 0 Å². The van der Waals surface area contributed by atoms with Crippen LogP contribution in [0.3, 0.4) is 0 Å². The molecule has 1 heterocycles. The van der Waals surface area contributed by atoms with Crippen LogP contribution in [0, 0.1) is 0 Å². The van der Waals surface area contributed by atoms with Crippen LogP contribution in [-0.4, -0.2) is 22.8 Å². The highest BCUT2D eigenvalue weighted by Crippen LogP contribution is 2.37. The average molecular weight is 288 g/mol. The van der Waals surface area contributed by atoms with E-state index in [0.717, 1.165) is 19.3 Å². The van der Waals surface area contributed by atoms with Crippen molar-refractivity contribution in [3.05, 3.63) is 35.4 Å². The van der Waals surface area contributed by atoms with Gasteiger partial charge in [-0.2, -0.15) is 0 Å². The highest BCUT2D eigenvalue weighted by Gasteiger charge is 2.46. The predicted octanol–water partition coefficient (Wildman–Crippen LogP) is 2.54. The van der Waals surface area contributed by atoms with Crippen LogP contribution in [0.2, 0.25) is 0 Å². The van der Waals surface area contributed by atoms with Crippen LogP contribution in [0.25, 0.3) is 6.08 Å². The number of rotatable bonds is 1. The SMILES string of the molecule is O=C1OC2(CCCCC2)OC(=O)C1=Cc1ccccc1O. The van der Waals surface area contributed by atoms with Crippen molar-refractivity contribution < 1.29 is 24.2 Å². The first-order valence-corrected chi connectivity index (χ1v) is 7.06. The lowest BCUT2D eigenvalue weighted by Gasteiger charge is -2.38. The molecule has 1 spiro atoms. The minimum absolute atomic E-state index is 0.0106. The third kappa shape index (κ3) is 2.63. The molecule has 1 aliphatic heterocycles. The number of esters is 2. The molecule has 1 aliphatic carbocycles. The van der Waals surface area contributed by atoms with Gasteiger partial charge in [-0.1, -0.05) is 24.6 Å². The van der Waals surface area contributed by atoms with Crippen molar-refractivity contribution in [3.8, 4) is 5.75 Å². The Labute approximate surface area is 122 Å². The number of phenolic OH excluding ortho intramolecular Hbond substituents is 1. The Balaban J connectivity index is 1.87. The van der Waals surface area contributed by atoms with E-state index in [1.807, 2.05) is 0 Å².